The number of allylic oxidation sites excluding steroid dienone is 2. The molecule has 0 aromatic heterocycles. The molecule has 28 nitrogen and oxygen atoms in total. The van der Waals surface area contributed by atoms with E-state index in [4.69, 9.17) is 47.4 Å². The molecule has 0 unspecified atom stereocenters. The topological polar surface area (TPSA) is 456 Å². The Morgan fingerprint density at radius 1 is 0.477 bits per heavy atom. The van der Waals surface area contributed by atoms with Crippen LogP contribution in [0.3, 0.4) is 0 Å². The lowest BCUT2D eigenvalue weighted by molar-refractivity contribution is -0.378. The van der Waals surface area contributed by atoms with Gasteiger partial charge in [-0.25, -0.2) is 0 Å². The van der Waals surface area contributed by atoms with Crippen molar-refractivity contribution in [2.24, 2.45) is 45.3 Å². The monoisotopic (exact) mass is 1270 g/mol. The predicted molar refractivity (Wildman–Crippen MR) is 299 cm³/mol. The average Bonchev–Trinajstić information content (AvgIpc) is 1.27. The maximum Gasteiger partial charge on any atom is 0.187 e. The van der Waals surface area contributed by atoms with Gasteiger partial charge in [-0.2, -0.15) is 0 Å². The van der Waals surface area contributed by atoms with Crippen LogP contribution in [0.5, 0.6) is 0 Å². The highest BCUT2D eigenvalue weighted by molar-refractivity contribution is 5.21. The van der Waals surface area contributed by atoms with Crippen LogP contribution in [0.25, 0.3) is 0 Å². The number of hydrogen-bond acceptors (Lipinski definition) is 28. The van der Waals surface area contributed by atoms with Crippen molar-refractivity contribution in [1.29, 1.82) is 0 Å². The quantitative estimate of drug-likeness (QED) is 0.0429. The normalized spacial score (nSPS) is 52.9. The lowest BCUT2D eigenvalue weighted by Crippen LogP contribution is -2.68. The first-order valence-electron chi connectivity index (χ1n) is 31.4. The molecule has 9 rings (SSSR count). The van der Waals surface area contributed by atoms with Crippen LogP contribution in [0.1, 0.15) is 113 Å². The highest BCUT2D eigenvalue weighted by atomic mass is 16.8. The number of hydrogen-bond donors (Lipinski definition) is 18. The van der Waals surface area contributed by atoms with Gasteiger partial charge < -0.3 is 139 Å². The summed E-state index contributed by atoms with van der Waals surface area (Å²) in [5, 5.41) is 195. The first-order valence-corrected chi connectivity index (χ1v) is 31.4. The molecule has 0 radical (unpaired) electrons. The van der Waals surface area contributed by atoms with Gasteiger partial charge in [-0.15, -0.1) is 0 Å². The van der Waals surface area contributed by atoms with Crippen molar-refractivity contribution < 1.29 is 139 Å². The van der Waals surface area contributed by atoms with E-state index in [1.165, 1.54) is 0 Å². The molecule has 35 atom stereocenters. The largest absolute Gasteiger partial charge is 0.394 e. The predicted octanol–water partition coefficient (Wildman–Crippen LogP) is -4.38. The summed E-state index contributed by atoms with van der Waals surface area (Å²) < 4.78 is 60.6. The SMILES string of the molecule is CC(C)=CCC[C@](C)(O[C@H]1O[C@@H](CO[C@H]2O[C@@H](CO)[C@H](O[C@@H]3O[C@@H](CO)[C@H](O)[C@@H](O)[C@@H]3O)[C@@H](O)[C@@H]2O)[C@H](O)[C@@H](O)[C@@H]1O)[C@H]1CC[C@]2(C)[C@@H]1[C@H](O)C[C@@H]1[C@@]3(C)CC[C@H](O[C@H]4O[C@H](CO)[C@@H](O)[C@H](O)[C@H]4O[C@H]4O[C@@H](CO)[C@H](O)[C@@H](O)[C@@H]4O)C(C)(C)[C@H]3CC[C@]12C. The van der Waals surface area contributed by atoms with Gasteiger partial charge in [0, 0.05) is 0 Å². The molecular weight excluding hydrogens is 1170 g/mol. The molecule has 4 aliphatic carbocycles. The van der Waals surface area contributed by atoms with Crippen molar-refractivity contribution in [3.8, 4) is 0 Å². The van der Waals surface area contributed by atoms with Crippen molar-refractivity contribution in [3.63, 3.8) is 0 Å². The molecule has 0 bridgehead atoms. The number of rotatable bonds is 19. The van der Waals surface area contributed by atoms with Gasteiger partial charge in [0.05, 0.1) is 50.8 Å². The summed E-state index contributed by atoms with van der Waals surface area (Å²) in [6.07, 6.45) is -35.6. The summed E-state index contributed by atoms with van der Waals surface area (Å²) in [5.74, 6) is -0.658. The van der Waals surface area contributed by atoms with E-state index in [1.807, 2.05) is 20.8 Å². The van der Waals surface area contributed by atoms with Crippen molar-refractivity contribution in [2.75, 3.05) is 33.0 Å². The molecule has 5 aliphatic heterocycles. The lowest BCUT2D eigenvalue weighted by Gasteiger charge is -2.71. The first-order chi connectivity index (χ1) is 41.3. The summed E-state index contributed by atoms with van der Waals surface area (Å²) in [7, 11) is 0. The minimum Gasteiger partial charge on any atom is -0.394 e. The van der Waals surface area contributed by atoms with E-state index < -0.39 is 215 Å². The standard InChI is InChI=1S/C60H102O28/c1-24(2)10-9-14-60(8,88-54-47(77)42(72)39(69)31(84-54)23-79-51-48(78)44(74)49(30(22-64)83-51)86-52-45(75)40(70)36(66)27(19-61)80-52)25-11-16-59(7)35(25)26(65)18-33-57(5)15-13-34(56(3,4)32(57)12-17-58(33,59)6)85-55-50(43(73)38(68)29(21-63)82-55)87-53-46(76)41(71)37(67)28(20-62)81-53/h10,25-55,61-78H,9,11-23H2,1-8H3/t25-,26+,27-,28-,29+,30-,31-,32+,33+,34-,35-,36-,37-,38+,39-,40+,41+,42+,43-,44-,45-,46-,47-,48-,49-,50+,51-,52-,53+,54+,55+,57-,58+,59+,60-/m0/s1. The fourth-order valence-corrected chi connectivity index (χ4v) is 17.7. The van der Waals surface area contributed by atoms with Crippen LogP contribution in [0.4, 0.5) is 0 Å². The number of aliphatic hydroxyl groups is 18. The molecule has 0 aromatic carbocycles. The highest BCUT2D eigenvalue weighted by Gasteiger charge is 2.72. The van der Waals surface area contributed by atoms with Gasteiger partial charge >= 0.3 is 0 Å². The van der Waals surface area contributed by atoms with E-state index in [-0.39, 0.29) is 34.5 Å². The zero-order valence-corrected chi connectivity index (χ0v) is 51.5. The van der Waals surface area contributed by atoms with Crippen molar-refractivity contribution in [3.05, 3.63) is 11.6 Å². The molecule has 9 aliphatic rings. The summed E-state index contributed by atoms with van der Waals surface area (Å²) in [6.45, 7) is 13.3. The fourth-order valence-electron chi connectivity index (χ4n) is 17.7. The Labute approximate surface area is 512 Å². The number of aliphatic hydroxyl groups excluding tert-OH is 18. The third kappa shape index (κ3) is 12.6. The third-order valence-corrected chi connectivity index (χ3v) is 23.0. The molecule has 0 spiro atoms. The second-order valence-electron chi connectivity index (χ2n) is 28.6. The number of ether oxygens (including phenoxy) is 10. The summed E-state index contributed by atoms with van der Waals surface area (Å²) in [5.41, 5.74) is -1.86. The Balaban J connectivity index is 0.900. The van der Waals surface area contributed by atoms with Crippen molar-refractivity contribution in [2.45, 2.75) is 285 Å². The molecule has 18 N–H and O–H groups in total. The number of fused-ring (bicyclic) bond motifs is 5. The molecule has 5 saturated heterocycles. The van der Waals surface area contributed by atoms with E-state index >= 15 is 0 Å². The van der Waals surface area contributed by atoms with Crippen LogP contribution >= 0.6 is 0 Å². The Morgan fingerprint density at radius 3 is 1.50 bits per heavy atom. The van der Waals surface area contributed by atoms with Crippen LogP contribution in [-0.2, 0) is 47.4 Å². The maximum atomic E-state index is 12.9. The molecule has 88 heavy (non-hydrogen) atoms. The minimum atomic E-state index is -1.92. The van der Waals surface area contributed by atoms with E-state index in [0.717, 1.165) is 18.4 Å². The van der Waals surface area contributed by atoms with Crippen LogP contribution in [0.2, 0.25) is 0 Å². The highest BCUT2D eigenvalue weighted by Crippen LogP contribution is 2.76. The van der Waals surface area contributed by atoms with Gasteiger partial charge in [-0.3, -0.25) is 0 Å². The van der Waals surface area contributed by atoms with Crippen LogP contribution < -0.4 is 0 Å². The molecule has 9 fully saturated rings. The summed E-state index contributed by atoms with van der Waals surface area (Å²) in [4.78, 5) is 0. The van der Waals surface area contributed by atoms with Crippen molar-refractivity contribution >= 4 is 0 Å². The zero-order chi connectivity index (χ0) is 64.7. The molecule has 0 aromatic rings. The van der Waals surface area contributed by atoms with E-state index in [2.05, 4.69) is 40.7 Å². The molecule has 28 heteroatoms. The Kier molecular flexibility index (Phi) is 22.1. The summed E-state index contributed by atoms with van der Waals surface area (Å²) in [6, 6.07) is 0. The summed E-state index contributed by atoms with van der Waals surface area (Å²) >= 11 is 0. The first kappa shape index (κ1) is 70.9. The van der Waals surface area contributed by atoms with Crippen LogP contribution in [0.15, 0.2) is 11.6 Å². The van der Waals surface area contributed by atoms with Gasteiger partial charge in [0.25, 0.3) is 0 Å². The smallest absolute Gasteiger partial charge is 0.187 e. The van der Waals surface area contributed by atoms with E-state index in [1.54, 1.807) is 0 Å². The minimum absolute atomic E-state index is 0.00190. The van der Waals surface area contributed by atoms with Gasteiger partial charge in [0.15, 0.2) is 31.5 Å². The second-order valence-corrected chi connectivity index (χ2v) is 28.6. The molecule has 510 valence electrons. The maximum absolute atomic E-state index is 12.9. The van der Waals surface area contributed by atoms with Gasteiger partial charge in [0.2, 0.25) is 0 Å². The molecule has 4 saturated carbocycles. The Hall–Kier alpha value is -1.38. The van der Waals surface area contributed by atoms with Crippen LogP contribution in [0, 0.1) is 45.3 Å². The average molecular weight is 1270 g/mol. The molecular formula is C60H102O28. The molecule has 5 heterocycles. The second kappa shape index (κ2) is 27.4. The van der Waals surface area contributed by atoms with Gasteiger partial charge in [0.1, 0.15) is 122 Å². The van der Waals surface area contributed by atoms with Crippen LogP contribution in [-0.4, -0.2) is 296 Å². The van der Waals surface area contributed by atoms with Crippen molar-refractivity contribution in [1.82, 2.24) is 0 Å². The van der Waals surface area contributed by atoms with Gasteiger partial charge in [-0.1, -0.05) is 46.3 Å². The van der Waals surface area contributed by atoms with Gasteiger partial charge in [-0.05, 0) is 124 Å². The lowest BCUT2D eigenvalue weighted by atomic mass is 9.35. The van der Waals surface area contributed by atoms with E-state index in [9.17, 15) is 91.9 Å². The fraction of sp³-hybridized carbons (Fsp3) is 0.967. The van der Waals surface area contributed by atoms with E-state index in [0.29, 0.717) is 44.9 Å². The Morgan fingerprint density at radius 2 is 0.943 bits per heavy atom. The zero-order valence-electron chi connectivity index (χ0n) is 51.5. The Bertz CT molecular complexity index is 2320. The third-order valence-electron chi connectivity index (χ3n) is 23.0. The molecule has 0 amide bonds.